The largest absolute Gasteiger partial charge is 0.444 e. The van der Waals surface area contributed by atoms with E-state index >= 15 is 0 Å². The molecule has 0 aliphatic rings. The van der Waals surface area contributed by atoms with Gasteiger partial charge >= 0.3 is 6.09 Å². The van der Waals surface area contributed by atoms with Crippen LogP contribution in [0, 0.1) is 5.41 Å². The molecule has 1 aromatic rings. The molecule has 0 aromatic carbocycles. The predicted molar refractivity (Wildman–Crippen MR) is 115 cm³/mol. The molecule has 8 heteroatoms. The van der Waals surface area contributed by atoms with Crippen LogP contribution in [-0.2, 0) is 4.74 Å². The molecule has 0 fully saturated rings. The highest BCUT2D eigenvalue weighted by Gasteiger charge is 2.20. The van der Waals surface area contributed by atoms with Gasteiger partial charge in [0, 0.05) is 19.1 Å². The zero-order valence-corrected chi connectivity index (χ0v) is 18.2. The van der Waals surface area contributed by atoms with Crippen LogP contribution in [0.4, 0.5) is 16.3 Å². The van der Waals surface area contributed by atoms with Gasteiger partial charge in [0.25, 0.3) is 0 Å². The Kier molecular flexibility index (Phi) is 8.27. The summed E-state index contributed by atoms with van der Waals surface area (Å²) in [6, 6.07) is 3.99. The molecular formula is C19H33N5O2S. The Morgan fingerprint density at radius 3 is 2.37 bits per heavy atom. The minimum atomic E-state index is -0.498. The maximum absolute atomic E-state index is 11.6. The van der Waals surface area contributed by atoms with E-state index < -0.39 is 11.7 Å². The average molecular weight is 396 g/mol. The van der Waals surface area contributed by atoms with Gasteiger partial charge in [0.15, 0.2) is 5.11 Å². The van der Waals surface area contributed by atoms with Gasteiger partial charge in [-0.1, -0.05) is 20.8 Å². The van der Waals surface area contributed by atoms with Crippen LogP contribution in [0.25, 0.3) is 0 Å². The minimum absolute atomic E-state index is 0.116. The lowest BCUT2D eigenvalue weighted by molar-refractivity contribution is 0.0530. The van der Waals surface area contributed by atoms with Gasteiger partial charge in [0.2, 0.25) is 0 Å². The molecule has 152 valence electrons. The summed E-state index contributed by atoms with van der Waals surface area (Å²) in [6.07, 6.45) is 1.28. The third kappa shape index (κ3) is 9.98. The molecule has 0 spiro atoms. The highest BCUT2D eigenvalue weighted by molar-refractivity contribution is 7.80. The summed E-state index contributed by atoms with van der Waals surface area (Å²) < 4.78 is 5.17. The Balaban J connectivity index is 2.35. The first kappa shape index (κ1) is 23.0. The summed E-state index contributed by atoms with van der Waals surface area (Å²) in [5.41, 5.74) is 0.429. The lowest BCUT2D eigenvalue weighted by Crippen LogP contribution is -2.43. The summed E-state index contributed by atoms with van der Waals surface area (Å²) in [5.74, 6) is 0.716. The smallest absolute Gasteiger partial charge is 0.407 e. The van der Waals surface area contributed by atoms with Crippen molar-refractivity contribution in [2.24, 2.45) is 5.41 Å². The van der Waals surface area contributed by atoms with Gasteiger partial charge in [0.1, 0.15) is 11.4 Å². The average Bonchev–Trinajstić information content (AvgIpc) is 2.50. The summed E-state index contributed by atoms with van der Waals surface area (Å²) in [7, 11) is 0. The monoisotopic (exact) mass is 395 g/mol. The van der Waals surface area contributed by atoms with Crippen molar-refractivity contribution in [3.63, 3.8) is 0 Å². The first-order valence-electron chi connectivity index (χ1n) is 9.11. The number of ether oxygens (including phenoxy) is 1. The van der Waals surface area contributed by atoms with Gasteiger partial charge in [-0.3, -0.25) is 0 Å². The number of anilines is 2. The summed E-state index contributed by atoms with van der Waals surface area (Å²) >= 11 is 5.34. The number of alkyl carbamates (subject to hydrolysis) is 1. The lowest BCUT2D eigenvalue weighted by atomic mass is 9.88. The quantitative estimate of drug-likeness (QED) is 0.431. The van der Waals surface area contributed by atoms with E-state index in [9.17, 15) is 4.79 Å². The van der Waals surface area contributed by atoms with Crippen molar-refractivity contribution in [3.8, 4) is 0 Å². The third-order valence-electron chi connectivity index (χ3n) is 3.77. The molecule has 0 aliphatic heterocycles. The standard InChI is InChI=1S/C19H33N5O2S/c1-13(18(2,3)4)23-16(27)24-14-8-9-15(22-12-14)20-10-11-21-17(25)26-19(5,6)7/h8-9,12-13H,10-11H2,1-7H3,(H,20,22)(H,21,25)(H2,23,24,27). The van der Waals surface area contributed by atoms with Gasteiger partial charge in [-0.2, -0.15) is 0 Å². The van der Waals surface area contributed by atoms with Crippen molar-refractivity contribution in [2.45, 2.75) is 60.1 Å². The molecule has 7 nitrogen and oxygen atoms in total. The molecule has 1 amide bonds. The van der Waals surface area contributed by atoms with E-state index in [1.54, 1.807) is 6.20 Å². The molecule has 0 bridgehead atoms. The van der Waals surface area contributed by atoms with Crippen molar-refractivity contribution in [3.05, 3.63) is 18.3 Å². The van der Waals surface area contributed by atoms with Crippen LogP contribution in [0.3, 0.4) is 0 Å². The fourth-order valence-corrected chi connectivity index (χ4v) is 2.12. The van der Waals surface area contributed by atoms with Gasteiger partial charge in [-0.15, -0.1) is 0 Å². The van der Waals surface area contributed by atoms with Crippen molar-refractivity contribution < 1.29 is 9.53 Å². The molecule has 1 aromatic heterocycles. The molecule has 1 atom stereocenters. The maximum atomic E-state index is 11.6. The zero-order chi connectivity index (χ0) is 20.7. The SMILES string of the molecule is CC(NC(=S)Nc1ccc(NCCNC(=O)OC(C)(C)C)nc1)C(C)(C)C. The van der Waals surface area contributed by atoms with E-state index in [1.165, 1.54) is 0 Å². The number of carbonyl (C=O) groups is 1. The van der Waals surface area contributed by atoms with Crippen LogP contribution in [0.15, 0.2) is 18.3 Å². The van der Waals surface area contributed by atoms with Crippen LogP contribution >= 0.6 is 12.2 Å². The number of nitrogens with one attached hydrogen (secondary N) is 4. The molecule has 4 N–H and O–H groups in total. The van der Waals surface area contributed by atoms with Gasteiger partial charge < -0.3 is 26.0 Å². The van der Waals surface area contributed by atoms with E-state index in [0.29, 0.717) is 24.0 Å². The zero-order valence-electron chi connectivity index (χ0n) is 17.4. The Hall–Kier alpha value is -2.09. The number of hydrogen-bond donors (Lipinski definition) is 4. The topological polar surface area (TPSA) is 87.3 Å². The van der Waals surface area contributed by atoms with Crippen molar-refractivity contribution in [1.29, 1.82) is 0 Å². The van der Waals surface area contributed by atoms with Crippen molar-refractivity contribution >= 4 is 34.9 Å². The van der Waals surface area contributed by atoms with Crippen LogP contribution in [0.5, 0.6) is 0 Å². The second kappa shape index (κ2) is 9.73. The number of aromatic nitrogens is 1. The molecule has 0 aliphatic carbocycles. The van der Waals surface area contributed by atoms with Crippen LogP contribution in [-0.4, -0.2) is 40.9 Å². The Morgan fingerprint density at radius 2 is 1.85 bits per heavy atom. The summed E-state index contributed by atoms with van der Waals surface area (Å²) in [6.45, 7) is 15.1. The fourth-order valence-electron chi connectivity index (χ4n) is 1.82. The second-order valence-electron chi connectivity index (χ2n) is 8.47. The maximum Gasteiger partial charge on any atom is 0.407 e. The summed E-state index contributed by atoms with van der Waals surface area (Å²) in [4.78, 5) is 15.9. The Morgan fingerprint density at radius 1 is 1.19 bits per heavy atom. The van der Waals surface area contributed by atoms with E-state index in [0.717, 1.165) is 5.69 Å². The first-order chi connectivity index (χ1) is 12.4. The van der Waals surface area contributed by atoms with E-state index in [2.05, 4.69) is 53.9 Å². The number of pyridine rings is 1. The molecule has 1 unspecified atom stereocenters. The number of hydrogen-bond acceptors (Lipinski definition) is 5. The second-order valence-corrected chi connectivity index (χ2v) is 8.88. The highest BCUT2D eigenvalue weighted by atomic mass is 32.1. The Bertz CT molecular complexity index is 620. The van der Waals surface area contributed by atoms with Crippen LogP contribution in [0.2, 0.25) is 0 Å². The number of rotatable bonds is 6. The molecule has 1 heterocycles. The molecule has 0 saturated carbocycles. The van der Waals surface area contributed by atoms with E-state index in [1.807, 2.05) is 32.9 Å². The fraction of sp³-hybridized carbons (Fsp3) is 0.632. The minimum Gasteiger partial charge on any atom is -0.444 e. The molecule has 1 rings (SSSR count). The Labute approximate surface area is 168 Å². The number of nitrogens with zero attached hydrogens (tertiary/aromatic N) is 1. The normalized spacial score (nSPS) is 12.7. The molecule has 0 saturated heterocycles. The van der Waals surface area contributed by atoms with E-state index in [-0.39, 0.29) is 11.5 Å². The molecule has 0 radical (unpaired) electrons. The van der Waals surface area contributed by atoms with Gasteiger partial charge in [-0.25, -0.2) is 9.78 Å². The van der Waals surface area contributed by atoms with Gasteiger partial charge in [0.05, 0.1) is 11.9 Å². The lowest BCUT2D eigenvalue weighted by Gasteiger charge is -2.29. The van der Waals surface area contributed by atoms with E-state index in [4.69, 9.17) is 17.0 Å². The predicted octanol–water partition coefficient (Wildman–Crippen LogP) is 3.74. The highest BCUT2D eigenvalue weighted by Crippen LogP contribution is 2.18. The number of amides is 1. The van der Waals surface area contributed by atoms with Crippen LogP contribution < -0.4 is 21.3 Å². The molecular weight excluding hydrogens is 362 g/mol. The van der Waals surface area contributed by atoms with Crippen molar-refractivity contribution in [2.75, 3.05) is 23.7 Å². The van der Waals surface area contributed by atoms with Crippen molar-refractivity contribution in [1.82, 2.24) is 15.6 Å². The molecule has 27 heavy (non-hydrogen) atoms. The number of carbonyl (C=O) groups excluding carboxylic acids is 1. The first-order valence-corrected chi connectivity index (χ1v) is 9.52. The van der Waals surface area contributed by atoms with Crippen LogP contribution in [0.1, 0.15) is 48.5 Å². The number of thiocarbonyl (C=S) groups is 1. The third-order valence-corrected chi connectivity index (χ3v) is 3.99. The van der Waals surface area contributed by atoms with Gasteiger partial charge in [-0.05, 0) is 57.5 Å². The summed E-state index contributed by atoms with van der Waals surface area (Å²) in [5, 5.41) is 12.8.